The van der Waals surface area contributed by atoms with Gasteiger partial charge in [0.1, 0.15) is 12.6 Å². The molecule has 3 rings (SSSR count). The summed E-state index contributed by atoms with van der Waals surface area (Å²) in [6, 6.07) is 7.53. The van der Waals surface area contributed by atoms with Crippen LogP contribution in [0.25, 0.3) is 0 Å². The molecule has 0 bridgehead atoms. The van der Waals surface area contributed by atoms with Crippen LogP contribution in [0.2, 0.25) is 0 Å². The van der Waals surface area contributed by atoms with E-state index in [4.69, 9.17) is 4.74 Å². The molecular formula is C21H27N3O5S. The first-order chi connectivity index (χ1) is 14.4. The minimum Gasteiger partial charge on any atom is -0.445 e. The fraction of sp³-hybridized carbons (Fsp3) is 0.524. The van der Waals surface area contributed by atoms with Gasteiger partial charge < -0.3 is 20.7 Å². The lowest BCUT2D eigenvalue weighted by molar-refractivity contribution is -0.128. The third-order valence-electron chi connectivity index (χ3n) is 5.38. The first-order valence-corrected chi connectivity index (χ1v) is 10.6. The molecule has 2 aliphatic rings. The second-order valence-corrected chi connectivity index (χ2v) is 8.29. The van der Waals surface area contributed by atoms with Gasteiger partial charge in [0, 0.05) is 12.5 Å². The van der Waals surface area contributed by atoms with Gasteiger partial charge >= 0.3 is 6.09 Å². The Morgan fingerprint density at radius 1 is 1.07 bits per heavy atom. The predicted molar refractivity (Wildman–Crippen MR) is 113 cm³/mol. The van der Waals surface area contributed by atoms with Gasteiger partial charge in [0.25, 0.3) is 0 Å². The van der Waals surface area contributed by atoms with Crippen molar-refractivity contribution in [1.82, 2.24) is 16.0 Å². The lowest BCUT2D eigenvalue weighted by Gasteiger charge is -2.23. The molecule has 0 spiro atoms. The Morgan fingerprint density at radius 3 is 2.40 bits per heavy atom. The lowest BCUT2D eigenvalue weighted by atomic mass is 9.98. The van der Waals surface area contributed by atoms with E-state index in [0.29, 0.717) is 25.3 Å². The molecule has 1 heterocycles. The Labute approximate surface area is 180 Å². The maximum Gasteiger partial charge on any atom is 0.408 e. The van der Waals surface area contributed by atoms with E-state index < -0.39 is 29.2 Å². The monoisotopic (exact) mass is 433 g/mol. The largest absolute Gasteiger partial charge is 0.445 e. The molecule has 3 amide bonds. The van der Waals surface area contributed by atoms with E-state index in [-0.39, 0.29) is 24.9 Å². The number of amides is 3. The van der Waals surface area contributed by atoms with E-state index >= 15 is 0 Å². The molecule has 1 aliphatic heterocycles. The Hall–Kier alpha value is -2.55. The van der Waals surface area contributed by atoms with Crippen LogP contribution >= 0.6 is 12.6 Å². The first-order valence-electron chi connectivity index (χ1n) is 10.2. The summed E-state index contributed by atoms with van der Waals surface area (Å²) in [6.45, 7) is 0.656. The summed E-state index contributed by atoms with van der Waals surface area (Å²) in [5.74, 6) is -0.566. The zero-order valence-corrected chi connectivity index (χ0v) is 17.5. The van der Waals surface area contributed by atoms with Gasteiger partial charge in [-0.15, -0.1) is 12.6 Å². The average Bonchev–Trinajstić information content (AvgIpc) is 3.46. The molecule has 8 nitrogen and oxygen atoms in total. The maximum atomic E-state index is 12.8. The Bertz CT molecular complexity index is 784. The smallest absolute Gasteiger partial charge is 0.408 e. The second kappa shape index (κ2) is 10.5. The molecule has 0 radical (unpaired) electrons. The van der Waals surface area contributed by atoms with Crippen LogP contribution in [0, 0.1) is 11.8 Å². The molecule has 1 saturated carbocycles. The van der Waals surface area contributed by atoms with E-state index in [1.807, 2.05) is 30.3 Å². The molecule has 162 valence electrons. The Balaban J connectivity index is 1.55. The predicted octanol–water partition coefficient (Wildman–Crippen LogP) is 1.55. The summed E-state index contributed by atoms with van der Waals surface area (Å²) in [6.07, 6.45) is 2.59. The Morgan fingerprint density at radius 2 is 1.80 bits per heavy atom. The van der Waals surface area contributed by atoms with E-state index in [1.165, 1.54) is 0 Å². The van der Waals surface area contributed by atoms with Crippen molar-refractivity contribution in [3.8, 4) is 0 Å². The SMILES string of the molecule is O=C(N[C@@H](CC1CC1)C(=O)N[C@@H](C[C@@H]1CCNC1=O)C(=O)S)OCc1ccccc1. The number of carbonyl (C=O) groups excluding carboxylic acids is 4. The molecule has 1 saturated heterocycles. The van der Waals surface area contributed by atoms with Crippen LogP contribution in [0.15, 0.2) is 30.3 Å². The summed E-state index contributed by atoms with van der Waals surface area (Å²) in [5.41, 5.74) is 0.839. The van der Waals surface area contributed by atoms with E-state index in [0.717, 1.165) is 18.4 Å². The third kappa shape index (κ3) is 6.76. The van der Waals surface area contributed by atoms with Crippen LogP contribution in [0.1, 0.15) is 37.7 Å². The number of nitrogens with one attached hydrogen (secondary N) is 3. The van der Waals surface area contributed by atoms with Crippen molar-refractivity contribution < 1.29 is 23.9 Å². The molecule has 9 heteroatoms. The van der Waals surface area contributed by atoms with Crippen molar-refractivity contribution in [2.45, 2.75) is 50.8 Å². The van der Waals surface area contributed by atoms with Crippen LogP contribution in [0.4, 0.5) is 4.79 Å². The summed E-state index contributed by atoms with van der Waals surface area (Å²) in [5, 5.41) is 7.48. The number of carbonyl (C=O) groups is 4. The lowest BCUT2D eigenvalue weighted by Crippen LogP contribution is -2.51. The minimum absolute atomic E-state index is 0.0962. The zero-order chi connectivity index (χ0) is 21.5. The number of ether oxygens (including phenoxy) is 1. The van der Waals surface area contributed by atoms with Gasteiger partial charge in [0.2, 0.25) is 16.9 Å². The normalized spacial score (nSPS) is 20.0. The molecule has 1 aliphatic carbocycles. The van der Waals surface area contributed by atoms with Crippen LogP contribution < -0.4 is 16.0 Å². The Kier molecular flexibility index (Phi) is 7.73. The quantitative estimate of drug-likeness (QED) is 0.418. The van der Waals surface area contributed by atoms with Crippen molar-refractivity contribution in [3.05, 3.63) is 35.9 Å². The molecule has 3 N–H and O–H groups in total. The highest BCUT2D eigenvalue weighted by molar-refractivity contribution is 7.96. The van der Waals surface area contributed by atoms with E-state index in [9.17, 15) is 19.2 Å². The molecule has 1 aromatic carbocycles. The van der Waals surface area contributed by atoms with Gasteiger partial charge in [-0.1, -0.05) is 43.2 Å². The third-order valence-corrected chi connectivity index (χ3v) is 5.70. The number of benzene rings is 1. The number of hydrogen-bond donors (Lipinski definition) is 4. The number of alkyl carbamates (subject to hydrolysis) is 1. The highest BCUT2D eigenvalue weighted by Gasteiger charge is 2.34. The van der Waals surface area contributed by atoms with Crippen LogP contribution in [-0.4, -0.2) is 41.7 Å². The summed E-state index contributed by atoms with van der Waals surface area (Å²) in [4.78, 5) is 48.8. The standard InChI is InChI=1S/C21H27N3O5S/c25-18-15(8-9-22-18)11-17(20(27)30)23-19(26)16(10-13-6-7-13)24-21(28)29-12-14-4-2-1-3-5-14/h1-5,13,15-17H,6-12H2,(H,22,25)(H,23,26)(H,24,28)(H,27,30)/t15-,16-,17-/m0/s1. The minimum atomic E-state index is -0.890. The fourth-order valence-electron chi connectivity index (χ4n) is 3.47. The highest BCUT2D eigenvalue weighted by atomic mass is 32.1. The molecule has 0 unspecified atom stereocenters. The highest BCUT2D eigenvalue weighted by Crippen LogP contribution is 2.33. The average molecular weight is 434 g/mol. The number of hydrogen-bond acceptors (Lipinski definition) is 5. The molecule has 30 heavy (non-hydrogen) atoms. The van der Waals surface area contributed by atoms with Crippen LogP contribution in [0.3, 0.4) is 0 Å². The molecule has 2 fully saturated rings. The van der Waals surface area contributed by atoms with E-state index in [1.54, 1.807) is 0 Å². The van der Waals surface area contributed by atoms with Crippen molar-refractivity contribution in [2.24, 2.45) is 11.8 Å². The van der Waals surface area contributed by atoms with Crippen molar-refractivity contribution in [2.75, 3.05) is 6.54 Å². The van der Waals surface area contributed by atoms with Gasteiger partial charge in [0.15, 0.2) is 0 Å². The van der Waals surface area contributed by atoms with Gasteiger partial charge in [-0.3, -0.25) is 14.4 Å². The van der Waals surface area contributed by atoms with Crippen LogP contribution in [-0.2, 0) is 25.7 Å². The van der Waals surface area contributed by atoms with Gasteiger partial charge in [-0.25, -0.2) is 4.79 Å². The van der Waals surface area contributed by atoms with E-state index in [2.05, 4.69) is 28.6 Å². The van der Waals surface area contributed by atoms with Crippen molar-refractivity contribution in [1.29, 1.82) is 0 Å². The topological polar surface area (TPSA) is 114 Å². The second-order valence-electron chi connectivity index (χ2n) is 7.85. The molecule has 1 aromatic rings. The fourth-order valence-corrected chi connectivity index (χ4v) is 3.64. The molecule has 0 aromatic heterocycles. The summed E-state index contributed by atoms with van der Waals surface area (Å²) in [7, 11) is 0. The maximum absolute atomic E-state index is 12.8. The van der Waals surface area contributed by atoms with Gasteiger partial charge in [0.05, 0.1) is 6.04 Å². The number of rotatable bonds is 10. The first kappa shape index (κ1) is 22.1. The number of thiol groups is 1. The van der Waals surface area contributed by atoms with Crippen molar-refractivity contribution >= 4 is 35.7 Å². The van der Waals surface area contributed by atoms with Gasteiger partial charge in [-0.05, 0) is 30.7 Å². The summed E-state index contributed by atoms with van der Waals surface area (Å²) >= 11 is 3.87. The molecule has 3 atom stereocenters. The van der Waals surface area contributed by atoms with Crippen molar-refractivity contribution in [3.63, 3.8) is 0 Å². The summed E-state index contributed by atoms with van der Waals surface area (Å²) < 4.78 is 5.22. The zero-order valence-electron chi connectivity index (χ0n) is 16.6. The van der Waals surface area contributed by atoms with Gasteiger partial charge in [-0.2, -0.15) is 0 Å². The molecular weight excluding hydrogens is 406 g/mol. The van der Waals surface area contributed by atoms with Crippen LogP contribution in [0.5, 0.6) is 0 Å².